The molecule has 0 spiro atoms. The monoisotopic (exact) mass is 236 g/mol. The molecule has 0 aromatic rings. The Morgan fingerprint density at radius 3 is 2.76 bits per heavy atom. The summed E-state index contributed by atoms with van der Waals surface area (Å²) in [6, 6.07) is 1.12. The van der Waals surface area contributed by atoms with Crippen LogP contribution in [0.25, 0.3) is 0 Å². The van der Waals surface area contributed by atoms with Gasteiger partial charge in [-0.3, -0.25) is 4.79 Å². The standard InChI is InChI=1S/C14H24N2O/c1-14(2)6-3-7-16(9-14)13(17)11-8-10-4-5-12(11)15-10/h10-12,15H,3-9H2,1-2H3. The van der Waals surface area contributed by atoms with Crippen molar-refractivity contribution >= 4 is 5.91 Å². The Morgan fingerprint density at radius 1 is 1.35 bits per heavy atom. The third-order valence-electron chi connectivity index (χ3n) is 4.83. The third-order valence-corrected chi connectivity index (χ3v) is 4.83. The molecule has 3 fully saturated rings. The number of piperidine rings is 1. The highest BCUT2D eigenvalue weighted by atomic mass is 16.2. The van der Waals surface area contributed by atoms with Crippen molar-refractivity contribution in [1.29, 1.82) is 0 Å². The summed E-state index contributed by atoms with van der Waals surface area (Å²) < 4.78 is 0. The van der Waals surface area contributed by atoms with E-state index < -0.39 is 0 Å². The number of hydrogen-bond acceptors (Lipinski definition) is 2. The van der Waals surface area contributed by atoms with E-state index in [0.29, 0.717) is 23.4 Å². The first-order chi connectivity index (χ1) is 8.05. The summed E-state index contributed by atoms with van der Waals surface area (Å²) in [5, 5.41) is 3.57. The molecular weight excluding hydrogens is 212 g/mol. The van der Waals surface area contributed by atoms with Crippen LogP contribution in [0.3, 0.4) is 0 Å². The van der Waals surface area contributed by atoms with Crippen molar-refractivity contribution in [2.24, 2.45) is 11.3 Å². The lowest BCUT2D eigenvalue weighted by molar-refractivity contribution is -0.139. The highest BCUT2D eigenvalue weighted by molar-refractivity contribution is 5.80. The van der Waals surface area contributed by atoms with Gasteiger partial charge in [0.15, 0.2) is 0 Å². The number of amides is 1. The Bertz CT molecular complexity index is 326. The fraction of sp³-hybridized carbons (Fsp3) is 0.929. The van der Waals surface area contributed by atoms with Crippen molar-refractivity contribution in [3.05, 3.63) is 0 Å². The molecule has 1 amide bonds. The van der Waals surface area contributed by atoms with E-state index in [2.05, 4.69) is 24.1 Å². The smallest absolute Gasteiger partial charge is 0.227 e. The molecule has 3 unspecified atom stereocenters. The minimum Gasteiger partial charge on any atom is -0.342 e. The van der Waals surface area contributed by atoms with Crippen LogP contribution in [-0.4, -0.2) is 36.0 Å². The Kier molecular flexibility index (Phi) is 2.69. The van der Waals surface area contributed by atoms with E-state index in [4.69, 9.17) is 0 Å². The van der Waals surface area contributed by atoms with Crippen LogP contribution in [0.1, 0.15) is 46.0 Å². The van der Waals surface area contributed by atoms with Crippen LogP contribution in [0.2, 0.25) is 0 Å². The van der Waals surface area contributed by atoms with Crippen LogP contribution in [0.15, 0.2) is 0 Å². The van der Waals surface area contributed by atoms with Crippen LogP contribution in [-0.2, 0) is 4.79 Å². The third kappa shape index (κ3) is 2.10. The maximum absolute atomic E-state index is 12.6. The van der Waals surface area contributed by atoms with Crippen LogP contribution < -0.4 is 5.32 Å². The van der Waals surface area contributed by atoms with Crippen LogP contribution in [0.4, 0.5) is 0 Å². The number of nitrogens with one attached hydrogen (secondary N) is 1. The average molecular weight is 236 g/mol. The van der Waals surface area contributed by atoms with Gasteiger partial charge in [-0.1, -0.05) is 13.8 Å². The zero-order valence-electron chi connectivity index (χ0n) is 11.0. The summed E-state index contributed by atoms with van der Waals surface area (Å²) in [5.74, 6) is 0.708. The Morgan fingerprint density at radius 2 is 2.18 bits per heavy atom. The molecule has 0 saturated carbocycles. The van der Waals surface area contributed by atoms with Gasteiger partial charge in [0.2, 0.25) is 5.91 Å². The molecule has 3 saturated heterocycles. The molecular formula is C14H24N2O. The first kappa shape index (κ1) is 11.5. The molecule has 96 valence electrons. The predicted octanol–water partition coefficient (Wildman–Crippen LogP) is 1.78. The normalized spacial score (nSPS) is 39.6. The number of hydrogen-bond donors (Lipinski definition) is 1. The number of carbonyl (C=O) groups excluding carboxylic acids is 1. The minimum atomic E-state index is 0.280. The fourth-order valence-corrected chi connectivity index (χ4v) is 3.94. The second-order valence-corrected chi connectivity index (χ2v) is 6.92. The van der Waals surface area contributed by atoms with Crippen LogP contribution in [0, 0.1) is 11.3 Å². The van der Waals surface area contributed by atoms with Crippen molar-refractivity contribution in [3.8, 4) is 0 Å². The fourth-order valence-electron chi connectivity index (χ4n) is 3.94. The summed E-state index contributed by atoms with van der Waals surface area (Å²) in [6.07, 6.45) is 6.00. The van der Waals surface area contributed by atoms with Crippen molar-refractivity contribution in [2.45, 2.75) is 58.0 Å². The molecule has 3 atom stereocenters. The number of rotatable bonds is 1. The maximum atomic E-state index is 12.6. The van der Waals surface area contributed by atoms with E-state index >= 15 is 0 Å². The largest absolute Gasteiger partial charge is 0.342 e. The molecule has 3 heterocycles. The van der Waals surface area contributed by atoms with Gasteiger partial charge in [-0.25, -0.2) is 0 Å². The minimum absolute atomic E-state index is 0.280. The maximum Gasteiger partial charge on any atom is 0.227 e. The number of nitrogens with zero attached hydrogens (tertiary/aromatic N) is 1. The van der Waals surface area contributed by atoms with Gasteiger partial charge in [-0.15, -0.1) is 0 Å². The first-order valence-electron chi connectivity index (χ1n) is 7.10. The van der Waals surface area contributed by atoms with Gasteiger partial charge in [0.05, 0.1) is 5.92 Å². The van der Waals surface area contributed by atoms with Crippen LogP contribution in [0.5, 0.6) is 0 Å². The van der Waals surface area contributed by atoms with E-state index in [1.165, 1.54) is 25.7 Å². The van der Waals surface area contributed by atoms with E-state index in [1.807, 2.05) is 0 Å². The Balaban J connectivity index is 1.66. The van der Waals surface area contributed by atoms with E-state index in [0.717, 1.165) is 19.5 Å². The van der Waals surface area contributed by atoms with Gasteiger partial charge in [-0.2, -0.15) is 0 Å². The van der Waals surface area contributed by atoms with Gasteiger partial charge in [0.1, 0.15) is 0 Å². The molecule has 1 N–H and O–H groups in total. The lowest BCUT2D eigenvalue weighted by Crippen LogP contribution is -2.48. The molecule has 3 heteroatoms. The van der Waals surface area contributed by atoms with Crippen molar-refractivity contribution < 1.29 is 4.79 Å². The second-order valence-electron chi connectivity index (χ2n) is 6.92. The highest BCUT2D eigenvalue weighted by Crippen LogP contribution is 2.36. The number of fused-ring (bicyclic) bond motifs is 2. The molecule has 2 bridgehead atoms. The average Bonchev–Trinajstić information content (AvgIpc) is 2.88. The molecule has 0 aromatic carbocycles. The topological polar surface area (TPSA) is 32.3 Å². The Labute approximate surface area is 104 Å². The number of likely N-dealkylation sites (tertiary alicyclic amines) is 1. The zero-order chi connectivity index (χ0) is 12.0. The highest BCUT2D eigenvalue weighted by Gasteiger charge is 2.45. The lowest BCUT2D eigenvalue weighted by atomic mass is 9.82. The SMILES string of the molecule is CC1(C)CCCN(C(=O)C2CC3CCC2N3)C1. The van der Waals surface area contributed by atoms with Crippen molar-refractivity contribution in [3.63, 3.8) is 0 Å². The zero-order valence-corrected chi connectivity index (χ0v) is 11.0. The summed E-state index contributed by atoms with van der Waals surface area (Å²) in [6.45, 7) is 6.51. The van der Waals surface area contributed by atoms with Gasteiger partial charge in [0, 0.05) is 25.2 Å². The second kappa shape index (κ2) is 3.98. The Hall–Kier alpha value is -0.570. The van der Waals surface area contributed by atoms with E-state index in [1.54, 1.807) is 0 Å². The van der Waals surface area contributed by atoms with E-state index in [9.17, 15) is 4.79 Å². The summed E-state index contributed by atoms with van der Waals surface area (Å²) in [7, 11) is 0. The molecule has 3 aliphatic heterocycles. The molecule has 0 aromatic heterocycles. The summed E-state index contributed by atoms with van der Waals surface area (Å²) in [5.41, 5.74) is 0.318. The van der Waals surface area contributed by atoms with Crippen molar-refractivity contribution in [1.82, 2.24) is 10.2 Å². The summed E-state index contributed by atoms with van der Waals surface area (Å²) >= 11 is 0. The molecule has 3 aliphatic rings. The predicted molar refractivity (Wildman–Crippen MR) is 67.6 cm³/mol. The quantitative estimate of drug-likeness (QED) is 0.752. The van der Waals surface area contributed by atoms with Gasteiger partial charge < -0.3 is 10.2 Å². The number of carbonyl (C=O) groups is 1. The first-order valence-corrected chi connectivity index (χ1v) is 7.10. The molecule has 0 radical (unpaired) electrons. The molecule has 0 aliphatic carbocycles. The van der Waals surface area contributed by atoms with Crippen molar-refractivity contribution in [2.75, 3.05) is 13.1 Å². The molecule has 17 heavy (non-hydrogen) atoms. The lowest BCUT2D eigenvalue weighted by Gasteiger charge is -2.40. The molecule has 3 nitrogen and oxygen atoms in total. The van der Waals surface area contributed by atoms with Gasteiger partial charge in [-0.05, 0) is 37.5 Å². The van der Waals surface area contributed by atoms with Gasteiger partial charge in [0.25, 0.3) is 0 Å². The van der Waals surface area contributed by atoms with Gasteiger partial charge >= 0.3 is 0 Å². The van der Waals surface area contributed by atoms with E-state index in [-0.39, 0.29) is 5.92 Å². The summed E-state index contributed by atoms with van der Waals surface area (Å²) in [4.78, 5) is 14.7. The molecule has 3 rings (SSSR count). The van der Waals surface area contributed by atoms with Crippen LogP contribution >= 0.6 is 0 Å².